The zero-order valence-electron chi connectivity index (χ0n) is 11.2. The Morgan fingerprint density at radius 3 is 2.73 bits per heavy atom. The van der Waals surface area contributed by atoms with Gasteiger partial charge in [0, 0.05) is 5.56 Å². The number of ether oxygens (including phenoxy) is 1. The number of rotatable bonds is 1. The second kappa shape index (κ2) is 5.00. The van der Waals surface area contributed by atoms with Crippen LogP contribution in [0.4, 0.5) is 11.4 Å². The smallest absolute Gasteiger partial charge is 0.220 e. The molecule has 1 N–H and O–H groups in total. The summed E-state index contributed by atoms with van der Waals surface area (Å²) < 4.78 is 5.75. The first kappa shape index (κ1) is 13.6. The number of ketones is 1. The minimum atomic E-state index is -0.722. The summed E-state index contributed by atoms with van der Waals surface area (Å²) in [5, 5.41) is 4.00. The van der Waals surface area contributed by atoms with E-state index in [1.165, 1.54) is 0 Å². The second-order valence-corrected chi connectivity index (χ2v) is 5.93. The number of Topliss-reactive ketones (excluding diaryl/α,β-unsaturated/α-hetero) is 1. The van der Waals surface area contributed by atoms with Crippen LogP contribution in [0.2, 0.25) is 10.0 Å². The maximum Gasteiger partial charge on any atom is 0.220 e. The van der Waals surface area contributed by atoms with E-state index in [0.29, 0.717) is 21.5 Å². The van der Waals surface area contributed by atoms with Crippen LogP contribution in [0.5, 0.6) is 0 Å². The molecule has 1 saturated heterocycles. The molecule has 2 atom stereocenters. The lowest BCUT2D eigenvalue weighted by Crippen LogP contribution is -2.33. The van der Waals surface area contributed by atoms with E-state index in [9.17, 15) is 4.79 Å². The van der Waals surface area contributed by atoms with Gasteiger partial charge in [0.15, 0.2) is 12.1 Å². The molecule has 0 amide bonds. The lowest BCUT2D eigenvalue weighted by Gasteiger charge is -2.18. The zero-order chi connectivity index (χ0) is 15.3. The van der Waals surface area contributed by atoms with Crippen LogP contribution >= 0.6 is 23.2 Å². The average molecular weight is 333 g/mol. The first-order chi connectivity index (χ1) is 10.6. The van der Waals surface area contributed by atoms with Gasteiger partial charge in [-0.15, -0.1) is 0 Å². The number of nitrogens with one attached hydrogen (secondary N) is 1. The van der Waals surface area contributed by atoms with Gasteiger partial charge in [0.05, 0.1) is 21.4 Å². The van der Waals surface area contributed by atoms with Crippen LogP contribution in [0.25, 0.3) is 0 Å². The van der Waals surface area contributed by atoms with Gasteiger partial charge in [-0.05, 0) is 24.3 Å². The summed E-state index contributed by atoms with van der Waals surface area (Å²) in [6, 6.07) is 12.0. The lowest BCUT2D eigenvalue weighted by atomic mass is 10.0. The van der Waals surface area contributed by atoms with E-state index in [-0.39, 0.29) is 5.78 Å². The summed E-state index contributed by atoms with van der Waals surface area (Å²) in [7, 11) is 0. The van der Waals surface area contributed by atoms with E-state index in [1.807, 2.05) is 24.3 Å². The van der Waals surface area contributed by atoms with E-state index in [1.54, 1.807) is 18.2 Å². The van der Waals surface area contributed by atoms with Gasteiger partial charge in [-0.1, -0.05) is 41.4 Å². The Morgan fingerprint density at radius 1 is 1.09 bits per heavy atom. The zero-order valence-corrected chi connectivity index (χ0v) is 12.7. The number of carbonyl (C=O) groups is 1. The maximum atomic E-state index is 12.6. The number of aliphatic imine (C=N–C) groups is 1. The van der Waals surface area contributed by atoms with E-state index in [0.717, 1.165) is 11.4 Å². The summed E-state index contributed by atoms with van der Waals surface area (Å²) in [5.74, 6) is 0.298. The topological polar surface area (TPSA) is 50.7 Å². The molecule has 2 aromatic carbocycles. The van der Waals surface area contributed by atoms with Gasteiger partial charge in [-0.2, -0.15) is 0 Å². The van der Waals surface area contributed by atoms with Gasteiger partial charge >= 0.3 is 0 Å². The Balaban J connectivity index is 1.70. The molecule has 0 radical (unpaired) electrons. The molecule has 110 valence electrons. The summed E-state index contributed by atoms with van der Waals surface area (Å²) in [6.07, 6.45) is -0.722. The fourth-order valence-corrected chi connectivity index (χ4v) is 2.93. The third-order valence-electron chi connectivity index (χ3n) is 3.71. The minimum Gasteiger partial charge on any atom is -0.463 e. The predicted molar refractivity (Wildman–Crippen MR) is 86.2 cm³/mol. The molecule has 4 rings (SSSR count). The fraction of sp³-hybridized carbons (Fsp3) is 0.125. The highest BCUT2D eigenvalue weighted by Crippen LogP contribution is 2.38. The summed E-state index contributed by atoms with van der Waals surface area (Å²) in [6.45, 7) is 0. The van der Waals surface area contributed by atoms with Gasteiger partial charge < -0.3 is 10.1 Å². The van der Waals surface area contributed by atoms with Crippen molar-refractivity contribution < 1.29 is 9.53 Å². The Kier molecular flexibility index (Phi) is 3.10. The van der Waals surface area contributed by atoms with Crippen molar-refractivity contribution in [2.75, 3.05) is 5.32 Å². The Bertz CT molecular complexity index is 820. The molecule has 1 fully saturated rings. The lowest BCUT2D eigenvalue weighted by molar-refractivity contribution is -0.122. The average Bonchev–Trinajstić information content (AvgIpc) is 2.84. The van der Waals surface area contributed by atoms with Crippen LogP contribution in [0.3, 0.4) is 0 Å². The van der Waals surface area contributed by atoms with Crippen molar-refractivity contribution in [1.82, 2.24) is 0 Å². The molecule has 22 heavy (non-hydrogen) atoms. The predicted octanol–water partition coefficient (Wildman–Crippen LogP) is 4.16. The quantitative estimate of drug-likeness (QED) is 0.853. The standard InChI is InChI=1S/C16H10Cl2N2O2/c17-9-6-5-8(7-10(9)18)15-14(21)13-16(22-15)20-12-4-2-1-3-11(12)19-13/h1-7,13,15,19H/t13-,15-/m0/s1. The molecule has 2 heterocycles. The van der Waals surface area contributed by atoms with Crippen molar-refractivity contribution in [1.29, 1.82) is 0 Å². The molecule has 4 nitrogen and oxygen atoms in total. The highest BCUT2D eigenvalue weighted by molar-refractivity contribution is 6.42. The van der Waals surface area contributed by atoms with E-state index in [4.69, 9.17) is 27.9 Å². The molecule has 0 unspecified atom stereocenters. The highest BCUT2D eigenvalue weighted by Gasteiger charge is 2.44. The van der Waals surface area contributed by atoms with Gasteiger partial charge in [0.25, 0.3) is 0 Å². The molecule has 2 aliphatic rings. The van der Waals surface area contributed by atoms with Crippen molar-refractivity contribution >= 4 is 46.3 Å². The number of hydrogen-bond acceptors (Lipinski definition) is 4. The van der Waals surface area contributed by atoms with Crippen molar-refractivity contribution in [2.45, 2.75) is 12.1 Å². The molecule has 0 aromatic heterocycles. The normalized spacial score (nSPS) is 22.3. The molecule has 6 heteroatoms. The van der Waals surface area contributed by atoms with Crippen LogP contribution in [0.1, 0.15) is 11.7 Å². The maximum absolute atomic E-state index is 12.6. The number of anilines is 1. The fourth-order valence-electron chi connectivity index (χ4n) is 2.62. The molecule has 2 aliphatic heterocycles. The van der Waals surface area contributed by atoms with E-state index < -0.39 is 12.1 Å². The molecule has 0 spiro atoms. The number of para-hydroxylation sites is 2. The first-order valence-corrected chi connectivity index (χ1v) is 7.48. The van der Waals surface area contributed by atoms with Crippen molar-refractivity contribution in [3.05, 3.63) is 58.1 Å². The van der Waals surface area contributed by atoms with Crippen LogP contribution in [0.15, 0.2) is 47.5 Å². The molecular weight excluding hydrogens is 323 g/mol. The highest BCUT2D eigenvalue weighted by atomic mass is 35.5. The van der Waals surface area contributed by atoms with E-state index >= 15 is 0 Å². The summed E-state index contributed by atoms with van der Waals surface area (Å²) in [5.41, 5.74) is 2.25. The number of benzene rings is 2. The Labute approximate surface area is 136 Å². The molecule has 2 aromatic rings. The largest absolute Gasteiger partial charge is 0.463 e. The minimum absolute atomic E-state index is 0.0911. The van der Waals surface area contributed by atoms with Gasteiger partial charge in [0.1, 0.15) is 0 Å². The molecule has 0 bridgehead atoms. The summed E-state index contributed by atoms with van der Waals surface area (Å²) >= 11 is 11.9. The van der Waals surface area contributed by atoms with Crippen LogP contribution < -0.4 is 5.32 Å². The number of nitrogens with zero attached hydrogens (tertiary/aromatic N) is 1. The first-order valence-electron chi connectivity index (χ1n) is 6.73. The number of hydrogen-bond donors (Lipinski definition) is 1. The monoisotopic (exact) mass is 332 g/mol. The van der Waals surface area contributed by atoms with Gasteiger partial charge in [-0.25, -0.2) is 4.99 Å². The Morgan fingerprint density at radius 2 is 1.91 bits per heavy atom. The number of halogens is 2. The van der Waals surface area contributed by atoms with E-state index in [2.05, 4.69) is 10.3 Å². The van der Waals surface area contributed by atoms with Crippen LogP contribution in [-0.2, 0) is 9.53 Å². The van der Waals surface area contributed by atoms with Gasteiger partial charge in [-0.3, -0.25) is 4.79 Å². The second-order valence-electron chi connectivity index (χ2n) is 5.12. The number of carbonyl (C=O) groups excluding carboxylic acids is 1. The third-order valence-corrected chi connectivity index (χ3v) is 4.45. The molecular formula is C16H10Cl2N2O2. The van der Waals surface area contributed by atoms with Crippen molar-refractivity contribution in [3.63, 3.8) is 0 Å². The van der Waals surface area contributed by atoms with Crippen LogP contribution in [0, 0.1) is 0 Å². The van der Waals surface area contributed by atoms with Crippen LogP contribution in [-0.4, -0.2) is 17.7 Å². The third kappa shape index (κ3) is 2.07. The molecule has 0 aliphatic carbocycles. The van der Waals surface area contributed by atoms with Gasteiger partial charge in [0.2, 0.25) is 11.7 Å². The van der Waals surface area contributed by atoms with Crippen molar-refractivity contribution in [3.8, 4) is 0 Å². The van der Waals surface area contributed by atoms with Crippen molar-refractivity contribution in [2.24, 2.45) is 4.99 Å². The number of fused-ring (bicyclic) bond motifs is 2. The molecule has 0 saturated carbocycles. The SMILES string of the molecule is O=C1[C@@H]2Nc3ccccc3N=C2O[C@H]1c1ccc(Cl)c(Cl)c1. The summed E-state index contributed by atoms with van der Waals surface area (Å²) in [4.78, 5) is 17.0. The Hall–Kier alpha value is -2.04.